The number of anilines is 1. The van der Waals surface area contributed by atoms with E-state index in [1.165, 1.54) is 11.1 Å². The predicted molar refractivity (Wildman–Crippen MR) is 111 cm³/mol. The third kappa shape index (κ3) is 12.7. The maximum atomic E-state index is 8.44. The minimum Gasteiger partial charge on any atom is -0.384 e. The van der Waals surface area contributed by atoms with Gasteiger partial charge >= 0.3 is 0 Å². The molecule has 2 heterocycles. The molecule has 140 valence electrons. The van der Waals surface area contributed by atoms with Crippen molar-refractivity contribution in [3.63, 3.8) is 0 Å². The van der Waals surface area contributed by atoms with Crippen molar-refractivity contribution in [2.24, 2.45) is 0 Å². The van der Waals surface area contributed by atoms with Gasteiger partial charge in [-0.15, -0.1) is 0 Å². The van der Waals surface area contributed by atoms with E-state index in [1.807, 2.05) is 87.4 Å². The fourth-order valence-electron chi connectivity index (χ4n) is 1.34. The van der Waals surface area contributed by atoms with Gasteiger partial charge in [0.15, 0.2) is 0 Å². The fraction of sp³-hybridized carbons (Fsp3) is 0.476. The standard InChI is InChI=1S/C8H8N2.C7H10N2.3C2H6/c1-6-3-4-8(5-9)10-7(6)2;1-5-3-7(8)9-4-6(5)2;3*1-2/h3-4H,1-2H3;3-4H,1-2H3,(H2,8,9);3*1-2H3. The van der Waals surface area contributed by atoms with E-state index in [1.54, 1.807) is 12.3 Å². The SMILES string of the molecule is CC.CC.CC.Cc1ccc(C#N)nc1C.Cc1cnc(N)cc1C. The van der Waals surface area contributed by atoms with Gasteiger partial charge in [-0.3, -0.25) is 0 Å². The Balaban J connectivity index is -0.000000299. The molecule has 0 saturated heterocycles. The summed E-state index contributed by atoms with van der Waals surface area (Å²) in [6, 6.07) is 7.48. The van der Waals surface area contributed by atoms with E-state index in [0.717, 1.165) is 11.3 Å². The molecule has 2 aromatic heterocycles. The first-order chi connectivity index (χ1) is 11.9. The Morgan fingerprint density at radius 3 is 1.72 bits per heavy atom. The topological polar surface area (TPSA) is 75.6 Å². The smallest absolute Gasteiger partial charge is 0.140 e. The Morgan fingerprint density at radius 2 is 1.36 bits per heavy atom. The van der Waals surface area contributed by atoms with Gasteiger partial charge in [0.1, 0.15) is 17.6 Å². The van der Waals surface area contributed by atoms with E-state index in [-0.39, 0.29) is 0 Å². The van der Waals surface area contributed by atoms with Crippen LogP contribution in [0.4, 0.5) is 5.82 Å². The number of pyridine rings is 2. The van der Waals surface area contributed by atoms with E-state index in [9.17, 15) is 0 Å². The highest BCUT2D eigenvalue weighted by Gasteiger charge is 1.94. The lowest BCUT2D eigenvalue weighted by molar-refractivity contribution is 1.12. The van der Waals surface area contributed by atoms with Crippen molar-refractivity contribution < 1.29 is 0 Å². The highest BCUT2D eigenvalue weighted by atomic mass is 14.8. The number of hydrogen-bond donors (Lipinski definition) is 1. The largest absolute Gasteiger partial charge is 0.384 e. The first-order valence-electron chi connectivity index (χ1n) is 8.97. The highest BCUT2D eigenvalue weighted by Crippen LogP contribution is 2.06. The Kier molecular flexibility index (Phi) is 19.7. The number of rotatable bonds is 0. The lowest BCUT2D eigenvalue weighted by atomic mass is 10.2. The monoisotopic (exact) mass is 344 g/mol. The number of aryl methyl sites for hydroxylation is 4. The average molecular weight is 345 g/mol. The van der Waals surface area contributed by atoms with Crippen molar-refractivity contribution in [2.45, 2.75) is 69.2 Å². The van der Waals surface area contributed by atoms with Crippen LogP contribution in [0.25, 0.3) is 0 Å². The molecule has 0 unspecified atom stereocenters. The van der Waals surface area contributed by atoms with Crippen LogP contribution in [0.1, 0.15) is 69.6 Å². The normalized spacial score (nSPS) is 7.72. The van der Waals surface area contributed by atoms with Crippen molar-refractivity contribution in [1.82, 2.24) is 9.97 Å². The summed E-state index contributed by atoms with van der Waals surface area (Å²) in [4.78, 5) is 7.95. The zero-order valence-corrected chi connectivity index (χ0v) is 17.7. The fourth-order valence-corrected chi connectivity index (χ4v) is 1.34. The maximum Gasteiger partial charge on any atom is 0.140 e. The Hall–Kier alpha value is -2.41. The van der Waals surface area contributed by atoms with Crippen LogP contribution in [-0.2, 0) is 0 Å². The molecule has 0 spiro atoms. The second-order valence-electron chi connectivity index (χ2n) is 4.40. The molecule has 0 aliphatic heterocycles. The minimum absolute atomic E-state index is 0.489. The molecule has 0 saturated carbocycles. The lowest BCUT2D eigenvalue weighted by Gasteiger charge is -1.97. The highest BCUT2D eigenvalue weighted by molar-refractivity contribution is 5.35. The Labute approximate surface area is 155 Å². The van der Waals surface area contributed by atoms with Crippen molar-refractivity contribution in [2.75, 3.05) is 5.73 Å². The van der Waals surface area contributed by atoms with E-state index in [2.05, 4.69) is 9.97 Å². The van der Waals surface area contributed by atoms with Gasteiger partial charge in [0.2, 0.25) is 0 Å². The van der Waals surface area contributed by atoms with Gasteiger partial charge in [-0.25, -0.2) is 9.97 Å². The quantitative estimate of drug-likeness (QED) is 0.642. The van der Waals surface area contributed by atoms with Crippen LogP contribution in [0.2, 0.25) is 0 Å². The summed E-state index contributed by atoms with van der Waals surface area (Å²) in [6.45, 7) is 19.9. The summed E-state index contributed by atoms with van der Waals surface area (Å²) in [7, 11) is 0. The second-order valence-corrected chi connectivity index (χ2v) is 4.40. The molecule has 4 heteroatoms. The maximum absolute atomic E-state index is 8.44. The van der Waals surface area contributed by atoms with Crippen LogP contribution < -0.4 is 5.73 Å². The van der Waals surface area contributed by atoms with Gasteiger partial charge in [-0.1, -0.05) is 47.6 Å². The van der Waals surface area contributed by atoms with Gasteiger partial charge in [-0.05, 0) is 56.5 Å². The lowest BCUT2D eigenvalue weighted by Crippen LogP contribution is -1.91. The first kappa shape index (κ1) is 27.4. The molecular weight excluding hydrogens is 308 g/mol. The summed E-state index contributed by atoms with van der Waals surface area (Å²) in [5.41, 5.74) is 10.3. The summed E-state index contributed by atoms with van der Waals surface area (Å²) in [5, 5.41) is 8.44. The molecule has 2 aromatic rings. The second kappa shape index (κ2) is 17.9. The van der Waals surface area contributed by atoms with Crippen molar-refractivity contribution in [3.05, 3.63) is 52.5 Å². The summed E-state index contributed by atoms with van der Waals surface area (Å²) in [5.74, 6) is 0.595. The third-order valence-corrected chi connectivity index (χ3v) is 2.86. The summed E-state index contributed by atoms with van der Waals surface area (Å²) in [6.07, 6.45) is 1.78. The molecule has 0 amide bonds. The van der Waals surface area contributed by atoms with Crippen LogP contribution in [0.5, 0.6) is 0 Å². The molecule has 25 heavy (non-hydrogen) atoms. The molecule has 0 fully saturated rings. The van der Waals surface area contributed by atoms with E-state index >= 15 is 0 Å². The number of hydrogen-bond acceptors (Lipinski definition) is 4. The molecule has 0 radical (unpaired) electrons. The molecule has 4 nitrogen and oxygen atoms in total. The Morgan fingerprint density at radius 1 is 0.840 bits per heavy atom. The Bertz CT molecular complexity index is 614. The van der Waals surface area contributed by atoms with Crippen molar-refractivity contribution in [3.8, 4) is 6.07 Å². The van der Waals surface area contributed by atoms with Crippen LogP contribution >= 0.6 is 0 Å². The van der Waals surface area contributed by atoms with Crippen molar-refractivity contribution >= 4 is 5.82 Å². The molecule has 0 aliphatic carbocycles. The third-order valence-electron chi connectivity index (χ3n) is 2.86. The summed E-state index contributed by atoms with van der Waals surface area (Å²) >= 11 is 0. The molecule has 0 aliphatic rings. The van der Waals surface area contributed by atoms with E-state index in [0.29, 0.717) is 11.5 Å². The van der Waals surface area contributed by atoms with Gasteiger partial charge < -0.3 is 5.73 Å². The number of nitrogens with two attached hydrogens (primary N) is 1. The molecule has 0 atom stereocenters. The number of nitriles is 1. The van der Waals surface area contributed by atoms with Crippen LogP contribution in [0.3, 0.4) is 0 Å². The number of nitrogen functional groups attached to an aromatic ring is 1. The molecular formula is C21H36N4. The van der Waals surface area contributed by atoms with Crippen molar-refractivity contribution in [1.29, 1.82) is 5.26 Å². The summed E-state index contributed by atoms with van der Waals surface area (Å²) < 4.78 is 0. The van der Waals surface area contributed by atoms with Gasteiger partial charge in [0.05, 0.1) is 0 Å². The zero-order chi connectivity index (χ0) is 20.4. The van der Waals surface area contributed by atoms with Crippen LogP contribution in [0, 0.1) is 39.0 Å². The predicted octanol–water partition coefficient (Wildman–Crippen LogP) is 5.93. The van der Waals surface area contributed by atoms with Gasteiger partial charge in [0, 0.05) is 11.9 Å². The van der Waals surface area contributed by atoms with Crippen LogP contribution in [-0.4, -0.2) is 9.97 Å². The van der Waals surface area contributed by atoms with Gasteiger partial charge in [0.25, 0.3) is 0 Å². The molecule has 2 N–H and O–H groups in total. The first-order valence-corrected chi connectivity index (χ1v) is 8.97. The molecule has 2 rings (SSSR count). The molecule has 0 bridgehead atoms. The minimum atomic E-state index is 0.489. The van der Waals surface area contributed by atoms with Crippen LogP contribution in [0.15, 0.2) is 24.4 Å². The zero-order valence-electron chi connectivity index (χ0n) is 17.7. The number of nitrogens with zero attached hydrogens (tertiary/aromatic N) is 3. The van der Waals surface area contributed by atoms with E-state index < -0.39 is 0 Å². The average Bonchev–Trinajstić information content (AvgIpc) is 2.66. The molecule has 0 aromatic carbocycles. The van der Waals surface area contributed by atoms with E-state index in [4.69, 9.17) is 11.0 Å². The van der Waals surface area contributed by atoms with Gasteiger partial charge in [-0.2, -0.15) is 5.26 Å². The number of aromatic nitrogens is 2.